The van der Waals surface area contributed by atoms with Gasteiger partial charge in [0.2, 0.25) is 0 Å². The van der Waals surface area contributed by atoms with Crippen LogP contribution in [0.4, 0.5) is 0 Å². The monoisotopic (exact) mass is 607 g/mol. The van der Waals surface area contributed by atoms with E-state index in [1.807, 2.05) is 84.9 Å². The lowest BCUT2D eigenvalue weighted by Crippen LogP contribution is -1.91. The second kappa shape index (κ2) is 10.2. The van der Waals surface area contributed by atoms with Gasteiger partial charge in [0.05, 0.1) is 15.1 Å². The number of furan rings is 1. The molecule has 218 valence electrons. The summed E-state index contributed by atoms with van der Waals surface area (Å²) in [4.78, 5) is 0. The maximum Gasteiger partial charge on any atom is 0.143 e. The lowest BCUT2D eigenvalue weighted by atomic mass is 9.84. The molecule has 0 aliphatic rings. The predicted octanol–water partition coefficient (Wildman–Crippen LogP) is 13.2. The molecule has 0 saturated heterocycles. The van der Waals surface area contributed by atoms with E-state index in [1.54, 1.807) is 0 Å². The number of benzene rings is 9. The Morgan fingerprint density at radius 2 is 1.06 bits per heavy atom. The fourth-order valence-corrected chi connectivity index (χ4v) is 7.04. The van der Waals surface area contributed by atoms with Crippen LogP contribution in [0.2, 0.25) is 0 Å². The Labute approximate surface area is 287 Å². The summed E-state index contributed by atoms with van der Waals surface area (Å²) in [6.07, 6.45) is 0. The number of hydrogen-bond acceptors (Lipinski definition) is 1. The number of hydrogen-bond donors (Lipinski definition) is 0. The largest absolute Gasteiger partial charge is 0.455 e. The van der Waals surface area contributed by atoms with Crippen molar-refractivity contribution in [3.8, 4) is 33.4 Å². The van der Waals surface area contributed by atoms with E-state index in [-0.39, 0.29) is 27.5 Å². The Morgan fingerprint density at radius 1 is 0.404 bits per heavy atom. The van der Waals surface area contributed by atoms with Crippen LogP contribution in [0.1, 0.15) is 15.1 Å². The van der Waals surface area contributed by atoms with Gasteiger partial charge in [0.15, 0.2) is 0 Å². The van der Waals surface area contributed by atoms with Crippen molar-refractivity contribution in [3.63, 3.8) is 0 Å². The molecule has 0 aliphatic carbocycles. The van der Waals surface area contributed by atoms with Gasteiger partial charge in [0, 0.05) is 16.2 Å². The molecular weight excluding hydrogens is 569 g/mol. The molecule has 0 saturated carbocycles. The van der Waals surface area contributed by atoms with Gasteiger partial charge in [-0.15, -0.1) is 0 Å². The molecule has 0 spiro atoms. The van der Waals surface area contributed by atoms with Crippen LogP contribution >= 0.6 is 0 Å². The van der Waals surface area contributed by atoms with E-state index in [0.29, 0.717) is 21.9 Å². The van der Waals surface area contributed by atoms with E-state index in [1.165, 1.54) is 0 Å². The van der Waals surface area contributed by atoms with Crippen molar-refractivity contribution in [2.24, 2.45) is 0 Å². The van der Waals surface area contributed by atoms with Gasteiger partial charge >= 0.3 is 0 Å². The van der Waals surface area contributed by atoms with Crippen LogP contribution in [0.25, 0.3) is 98.4 Å². The van der Waals surface area contributed by atoms with Gasteiger partial charge in [0.1, 0.15) is 11.2 Å². The average molecular weight is 608 g/mol. The molecule has 10 aromatic rings. The fourth-order valence-electron chi connectivity index (χ4n) is 7.04. The standard InChI is InChI=1S/C46H28O/c1-3-17-33-29(12-1)14-10-23-34(33)31-15-9-16-32(28-31)43-36-19-5-7-21-38(36)44(39-22-8-6-20-37(39)43)40-24-11-25-42-45(40)41-27-26-30-13-2-4-18-35(30)46(41)47-42/h1-28H/i1D,3D,9D,10D,12D,14D,15D,16D,17D,23D,28D. The summed E-state index contributed by atoms with van der Waals surface area (Å²) in [7, 11) is 0. The second-order valence-corrected chi connectivity index (χ2v) is 11.5. The van der Waals surface area contributed by atoms with Crippen LogP contribution in [0.5, 0.6) is 0 Å². The maximum absolute atomic E-state index is 9.81. The minimum Gasteiger partial charge on any atom is -0.455 e. The second-order valence-electron chi connectivity index (χ2n) is 11.5. The van der Waals surface area contributed by atoms with Gasteiger partial charge in [-0.2, -0.15) is 0 Å². The van der Waals surface area contributed by atoms with Gasteiger partial charge in [-0.1, -0.05) is 151 Å². The van der Waals surface area contributed by atoms with E-state index < -0.39 is 66.5 Å². The van der Waals surface area contributed by atoms with Crippen molar-refractivity contribution >= 4 is 65.0 Å². The Kier molecular flexibility index (Phi) is 3.79. The van der Waals surface area contributed by atoms with Crippen molar-refractivity contribution in [1.82, 2.24) is 0 Å². The summed E-state index contributed by atoms with van der Waals surface area (Å²) in [6, 6.07) is 27.1. The average Bonchev–Trinajstić information content (AvgIpc) is 3.64. The summed E-state index contributed by atoms with van der Waals surface area (Å²) < 4.78 is 104. The van der Waals surface area contributed by atoms with E-state index in [9.17, 15) is 2.74 Å². The molecule has 1 aromatic heterocycles. The minimum absolute atomic E-state index is 0.0109. The van der Waals surface area contributed by atoms with Crippen LogP contribution in [0, 0.1) is 0 Å². The first kappa shape index (κ1) is 17.5. The molecule has 0 bridgehead atoms. The highest BCUT2D eigenvalue weighted by atomic mass is 16.3. The first-order valence-corrected chi connectivity index (χ1v) is 15.3. The van der Waals surface area contributed by atoms with Gasteiger partial charge in [-0.25, -0.2) is 0 Å². The molecule has 10 rings (SSSR count). The molecule has 0 radical (unpaired) electrons. The molecule has 0 amide bonds. The van der Waals surface area contributed by atoms with Gasteiger partial charge in [-0.3, -0.25) is 0 Å². The van der Waals surface area contributed by atoms with E-state index in [0.717, 1.165) is 49.0 Å². The summed E-state index contributed by atoms with van der Waals surface area (Å²) >= 11 is 0. The molecule has 1 nitrogen and oxygen atoms in total. The van der Waals surface area contributed by atoms with Gasteiger partial charge < -0.3 is 4.42 Å². The van der Waals surface area contributed by atoms with Crippen LogP contribution in [0.3, 0.4) is 0 Å². The van der Waals surface area contributed by atoms with Crippen LogP contribution in [-0.4, -0.2) is 0 Å². The molecule has 0 N–H and O–H groups in total. The summed E-state index contributed by atoms with van der Waals surface area (Å²) in [5.41, 5.74) is 3.05. The highest BCUT2D eigenvalue weighted by Crippen LogP contribution is 2.48. The van der Waals surface area contributed by atoms with Crippen molar-refractivity contribution in [3.05, 3.63) is 170 Å². The first-order chi connectivity index (χ1) is 27.9. The molecular formula is C46H28O. The fraction of sp³-hybridized carbons (Fsp3) is 0. The van der Waals surface area contributed by atoms with Gasteiger partial charge in [0.25, 0.3) is 0 Å². The van der Waals surface area contributed by atoms with Crippen molar-refractivity contribution in [2.45, 2.75) is 0 Å². The third-order valence-corrected chi connectivity index (χ3v) is 9.03. The Hall–Kier alpha value is -6.18. The van der Waals surface area contributed by atoms with E-state index >= 15 is 0 Å². The summed E-state index contributed by atoms with van der Waals surface area (Å²) in [5, 5.41) is 6.18. The molecule has 1 heterocycles. The molecule has 9 aromatic carbocycles. The highest BCUT2D eigenvalue weighted by molar-refractivity contribution is 6.27. The lowest BCUT2D eigenvalue weighted by Gasteiger charge is -2.19. The summed E-state index contributed by atoms with van der Waals surface area (Å²) in [5.74, 6) is 0. The number of fused-ring (bicyclic) bond motifs is 8. The highest BCUT2D eigenvalue weighted by Gasteiger charge is 2.21. The smallest absolute Gasteiger partial charge is 0.143 e. The Bertz CT molecular complexity index is 3410. The van der Waals surface area contributed by atoms with Crippen LogP contribution < -0.4 is 0 Å². The van der Waals surface area contributed by atoms with Gasteiger partial charge in [-0.05, 0) is 89.3 Å². The van der Waals surface area contributed by atoms with Crippen LogP contribution in [0.15, 0.2) is 174 Å². The zero-order chi connectivity index (χ0) is 40.5. The zero-order valence-corrected chi connectivity index (χ0v) is 24.7. The Morgan fingerprint density at radius 3 is 1.87 bits per heavy atom. The van der Waals surface area contributed by atoms with Crippen molar-refractivity contribution in [2.75, 3.05) is 0 Å². The van der Waals surface area contributed by atoms with Crippen molar-refractivity contribution in [1.29, 1.82) is 0 Å². The molecule has 0 atom stereocenters. The van der Waals surface area contributed by atoms with E-state index in [2.05, 4.69) is 18.2 Å². The molecule has 1 heteroatoms. The topological polar surface area (TPSA) is 13.1 Å². The summed E-state index contributed by atoms with van der Waals surface area (Å²) in [6.45, 7) is 0. The van der Waals surface area contributed by atoms with Crippen molar-refractivity contribution < 1.29 is 19.5 Å². The predicted molar refractivity (Wildman–Crippen MR) is 200 cm³/mol. The molecule has 0 aliphatic heterocycles. The third kappa shape index (κ3) is 3.90. The number of rotatable bonds is 3. The maximum atomic E-state index is 9.81. The SMILES string of the molecule is [2H]c1c([2H])c(-c2c3ccccc3c(-c3cccc4oc5c6ccccc6ccc5c34)c3ccccc23)c([2H])c(-c2c([2H])c([2H])c([2H])c3c([2H])c([2H])c([2H])c([2H])c23)c1[2H]. The quantitative estimate of drug-likeness (QED) is 0.182. The minimum atomic E-state index is -0.649. The first-order valence-electron chi connectivity index (χ1n) is 20.8. The van der Waals surface area contributed by atoms with Crippen LogP contribution in [-0.2, 0) is 0 Å². The molecule has 0 unspecified atom stereocenters. The third-order valence-electron chi connectivity index (χ3n) is 9.03. The zero-order valence-electron chi connectivity index (χ0n) is 35.7. The lowest BCUT2D eigenvalue weighted by molar-refractivity contribution is 0.673. The van der Waals surface area contributed by atoms with E-state index in [4.69, 9.17) is 16.8 Å². The molecule has 0 fully saturated rings. The normalized spacial score (nSPS) is 15.1. The Balaban J connectivity index is 1.35. The molecule has 47 heavy (non-hydrogen) atoms.